The Hall–Kier alpha value is -1.26. The van der Waals surface area contributed by atoms with E-state index in [0.717, 1.165) is 37.6 Å². The van der Waals surface area contributed by atoms with Crippen molar-refractivity contribution in [1.82, 2.24) is 4.90 Å². The molecule has 2 N–H and O–H groups in total. The van der Waals surface area contributed by atoms with Crippen molar-refractivity contribution in [2.75, 3.05) is 27.3 Å². The largest absolute Gasteiger partial charge is 0.493 e. The molecule has 1 aliphatic rings. The van der Waals surface area contributed by atoms with E-state index in [9.17, 15) is 0 Å². The number of benzene rings is 1. The molecule has 1 aromatic rings. The molecule has 0 amide bonds. The predicted molar refractivity (Wildman–Crippen MR) is 85.9 cm³/mol. The lowest BCUT2D eigenvalue weighted by Gasteiger charge is -2.29. The first-order valence-electron chi connectivity index (χ1n) is 7.93. The van der Waals surface area contributed by atoms with Gasteiger partial charge in [-0.3, -0.25) is 4.90 Å². The highest BCUT2D eigenvalue weighted by Gasteiger charge is 2.22. The topological polar surface area (TPSA) is 47.7 Å². The average molecular weight is 292 g/mol. The highest BCUT2D eigenvalue weighted by atomic mass is 16.5. The van der Waals surface area contributed by atoms with Crippen molar-refractivity contribution in [3.05, 3.63) is 23.8 Å². The van der Waals surface area contributed by atoms with Gasteiger partial charge in [-0.25, -0.2) is 0 Å². The van der Waals surface area contributed by atoms with Crippen LogP contribution in [-0.4, -0.2) is 38.3 Å². The van der Waals surface area contributed by atoms with E-state index < -0.39 is 0 Å². The molecule has 0 radical (unpaired) electrons. The predicted octanol–water partition coefficient (Wildman–Crippen LogP) is 2.80. The van der Waals surface area contributed by atoms with Crippen LogP contribution in [0, 0.1) is 0 Å². The SMILES string of the molecule is COc1ccc(CN(CCCN)C2CCCC2)cc1OC. The first-order valence-corrected chi connectivity index (χ1v) is 7.93. The third kappa shape index (κ3) is 4.35. The van der Waals surface area contributed by atoms with Crippen molar-refractivity contribution in [3.8, 4) is 11.5 Å². The smallest absolute Gasteiger partial charge is 0.161 e. The zero-order valence-electron chi connectivity index (χ0n) is 13.3. The Morgan fingerprint density at radius 2 is 1.86 bits per heavy atom. The molecule has 118 valence electrons. The van der Waals surface area contributed by atoms with Crippen LogP contribution in [0.3, 0.4) is 0 Å². The van der Waals surface area contributed by atoms with Gasteiger partial charge in [0, 0.05) is 12.6 Å². The van der Waals surface area contributed by atoms with Crippen LogP contribution in [-0.2, 0) is 6.54 Å². The Labute approximate surface area is 128 Å². The van der Waals surface area contributed by atoms with Gasteiger partial charge in [-0.1, -0.05) is 18.9 Å². The summed E-state index contributed by atoms with van der Waals surface area (Å²) in [7, 11) is 3.36. The summed E-state index contributed by atoms with van der Waals surface area (Å²) in [5.41, 5.74) is 6.96. The fraction of sp³-hybridized carbons (Fsp3) is 0.647. The van der Waals surface area contributed by atoms with Crippen LogP contribution in [0.1, 0.15) is 37.7 Å². The molecular formula is C17H28N2O2. The Bertz CT molecular complexity index is 431. The summed E-state index contributed by atoms with van der Waals surface area (Å²) in [4.78, 5) is 2.58. The van der Waals surface area contributed by atoms with E-state index >= 15 is 0 Å². The van der Waals surface area contributed by atoms with E-state index in [0.29, 0.717) is 6.04 Å². The summed E-state index contributed by atoms with van der Waals surface area (Å²) in [6.07, 6.45) is 6.41. The standard InChI is InChI=1S/C17H28N2O2/c1-20-16-9-8-14(12-17(16)21-2)13-19(11-5-10-18)15-6-3-4-7-15/h8-9,12,15H,3-7,10-11,13,18H2,1-2H3. The lowest BCUT2D eigenvalue weighted by atomic mass is 10.1. The summed E-state index contributed by atoms with van der Waals surface area (Å²) in [5.74, 6) is 1.59. The van der Waals surface area contributed by atoms with Gasteiger partial charge in [-0.15, -0.1) is 0 Å². The Kier molecular flexibility index (Phi) is 6.33. The van der Waals surface area contributed by atoms with E-state index in [1.807, 2.05) is 6.07 Å². The van der Waals surface area contributed by atoms with Crippen LogP contribution in [0.15, 0.2) is 18.2 Å². The quantitative estimate of drug-likeness (QED) is 0.800. The van der Waals surface area contributed by atoms with Gasteiger partial charge in [0.1, 0.15) is 0 Å². The number of hydrogen-bond acceptors (Lipinski definition) is 4. The van der Waals surface area contributed by atoms with Crippen molar-refractivity contribution in [1.29, 1.82) is 0 Å². The normalized spacial score (nSPS) is 15.6. The molecule has 4 nitrogen and oxygen atoms in total. The van der Waals surface area contributed by atoms with Gasteiger partial charge in [0.25, 0.3) is 0 Å². The average Bonchev–Trinajstić information content (AvgIpc) is 3.05. The van der Waals surface area contributed by atoms with E-state index in [2.05, 4.69) is 17.0 Å². The summed E-state index contributed by atoms with van der Waals surface area (Å²) in [5, 5.41) is 0. The zero-order valence-corrected chi connectivity index (χ0v) is 13.3. The van der Waals surface area contributed by atoms with Crippen LogP contribution in [0.4, 0.5) is 0 Å². The molecule has 0 bridgehead atoms. The molecule has 0 aromatic heterocycles. The number of rotatable bonds is 8. The summed E-state index contributed by atoms with van der Waals surface area (Å²) >= 11 is 0. The maximum absolute atomic E-state index is 5.69. The second-order valence-corrected chi connectivity index (χ2v) is 5.74. The van der Waals surface area contributed by atoms with Crippen LogP contribution in [0.25, 0.3) is 0 Å². The lowest BCUT2D eigenvalue weighted by Crippen LogP contribution is -2.34. The highest BCUT2D eigenvalue weighted by molar-refractivity contribution is 5.42. The Morgan fingerprint density at radius 1 is 1.14 bits per heavy atom. The summed E-state index contributed by atoms with van der Waals surface area (Å²) < 4.78 is 10.7. The molecule has 2 rings (SSSR count). The van der Waals surface area contributed by atoms with Crippen molar-refractivity contribution in [3.63, 3.8) is 0 Å². The second-order valence-electron chi connectivity index (χ2n) is 5.74. The zero-order chi connectivity index (χ0) is 15.1. The van der Waals surface area contributed by atoms with Gasteiger partial charge < -0.3 is 15.2 Å². The maximum atomic E-state index is 5.69. The molecule has 0 heterocycles. The van der Waals surface area contributed by atoms with Crippen molar-refractivity contribution in [2.24, 2.45) is 5.73 Å². The van der Waals surface area contributed by atoms with Crippen molar-refractivity contribution in [2.45, 2.75) is 44.7 Å². The van der Waals surface area contributed by atoms with E-state index in [1.54, 1.807) is 14.2 Å². The molecule has 21 heavy (non-hydrogen) atoms. The fourth-order valence-electron chi connectivity index (χ4n) is 3.17. The Balaban J connectivity index is 2.07. The van der Waals surface area contributed by atoms with Gasteiger partial charge >= 0.3 is 0 Å². The molecule has 1 saturated carbocycles. The minimum Gasteiger partial charge on any atom is -0.493 e. The third-order valence-electron chi connectivity index (χ3n) is 4.32. The molecule has 0 aliphatic heterocycles. The molecule has 0 atom stereocenters. The van der Waals surface area contributed by atoms with Crippen LogP contribution >= 0.6 is 0 Å². The summed E-state index contributed by atoms with van der Waals surface area (Å²) in [6, 6.07) is 6.92. The minimum absolute atomic E-state index is 0.713. The molecule has 1 aromatic carbocycles. The molecule has 0 saturated heterocycles. The van der Waals surface area contributed by atoms with Gasteiger partial charge in [0.15, 0.2) is 11.5 Å². The molecule has 0 spiro atoms. The molecule has 4 heteroatoms. The number of nitrogens with two attached hydrogens (primary N) is 1. The van der Waals surface area contributed by atoms with Crippen molar-refractivity contribution < 1.29 is 9.47 Å². The van der Waals surface area contributed by atoms with E-state index in [4.69, 9.17) is 15.2 Å². The van der Waals surface area contributed by atoms with Gasteiger partial charge in [-0.2, -0.15) is 0 Å². The summed E-state index contributed by atoms with van der Waals surface area (Å²) in [6.45, 7) is 2.80. The second kappa shape index (κ2) is 8.25. The first kappa shape index (κ1) is 16.1. The third-order valence-corrected chi connectivity index (χ3v) is 4.32. The van der Waals surface area contributed by atoms with Gasteiger partial charge in [0.05, 0.1) is 14.2 Å². The molecule has 1 aliphatic carbocycles. The number of ether oxygens (including phenoxy) is 2. The molecule has 0 unspecified atom stereocenters. The first-order chi connectivity index (χ1) is 10.3. The van der Waals surface area contributed by atoms with Crippen LogP contribution in [0.2, 0.25) is 0 Å². The lowest BCUT2D eigenvalue weighted by molar-refractivity contribution is 0.188. The van der Waals surface area contributed by atoms with Crippen LogP contribution < -0.4 is 15.2 Å². The maximum Gasteiger partial charge on any atom is 0.161 e. The molecular weight excluding hydrogens is 264 g/mol. The monoisotopic (exact) mass is 292 g/mol. The Morgan fingerprint density at radius 3 is 2.48 bits per heavy atom. The molecule has 1 fully saturated rings. The minimum atomic E-state index is 0.713. The van der Waals surface area contributed by atoms with E-state index in [1.165, 1.54) is 31.2 Å². The van der Waals surface area contributed by atoms with E-state index in [-0.39, 0.29) is 0 Å². The van der Waals surface area contributed by atoms with Gasteiger partial charge in [-0.05, 0) is 50.0 Å². The highest BCUT2D eigenvalue weighted by Crippen LogP contribution is 2.30. The van der Waals surface area contributed by atoms with Crippen LogP contribution in [0.5, 0.6) is 11.5 Å². The number of hydrogen-bond donors (Lipinski definition) is 1. The van der Waals surface area contributed by atoms with Crippen molar-refractivity contribution >= 4 is 0 Å². The number of nitrogens with zero attached hydrogens (tertiary/aromatic N) is 1. The van der Waals surface area contributed by atoms with Gasteiger partial charge in [0.2, 0.25) is 0 Å². The number of methoxy groups -OCH3 is 2. The fourth-order valence-corrected chi connectivity index (χ4v) is 3.17.